The van der Waals surface area contributed by atoms with Gasteiger partial charge in [-0.3, -0.25) is 0 Å². The van der Waals surface area contributed by atoms with Gasteiger partial charge in [0.15, 0.2) is 0 Å². The number of hydrogen-bond donors (Lipinski definition) is 3. The highest BCUT2D eigenvalue weighted by Crippen LogP contribution is 2.17. The highest BCUT2D eigenvalue weighted by Gasteiger charge is 2.16. The lowest BCUT2D eigenvalue weighted by Crippen LogP contribution is -2.39. The van der Waals surface area contributed by atoms with Gasteiger partial charge in [-0.15, -0.1) is 0 Å². The van der Waals surface area contributed by atoms with Crippen molar-refractivity contribution in [2.24, 2.45) is 0 Å². The van der Waals surface area contributed by atoms with Crippen molar-refractivity contribution in [3.05, 3.63) is 29.8 Å². The van der Waals surface area contributed by atoms with E-state index in [4.69, 9.17) is 0 Å². The molecule has 1 unspecified atom stereocenters. The third kappa shape index (κ3) is 3.47. The third-order valence-corrected chi connectivity index (χ3v) is 3.23. The standard InChI is InChI=1S/C14H21N3O/c1-10(2)11-3-5-12(6-4-11)16-14(18)17-13-7-8-15-9-13/h3-6,10,13,15H,7-9H2,1-2H3,(H2,16,17,18). The molecular formula is C14H21N3O. The minimum absolute atomic E-state index is 0.124. The zero-order chi connectivity index (χ0) is 13.0. The molecule has 1 heterocycles. The van der Waals surface area contributed by atoms with Crippen LogP contribution in [0.25, 0.3) is 0 Å². The molecular weight excluding hydrogens is 226 g/mol. The first-order valence-corrected chi connectivity index (χ1v) is 6.53. The van der Waals surface area contributed by atoms with Crippen LogP contribution in [0.3, 0.4) is 0 Å². The SMILES string of the molecule is CC(C)c1ccc(NC(=O)NC2CCNC2)cc1. The fraction of sp³-hybridized carbons (Fsp3) is 0.500. The Bertz CT molecular complexity index is 394. The molecule has 1 aromatic carbocycles. The number of anilines is 1. The normalized spacial score (nSPS) is 18.9. The number of benzene rings is 1. The van der Waals surface area contributed by atoms with Gasteiger partial charge in [-0.25, -0.2) is 4.79 Å². The first kappa shape index (κ1) is 12.9. The molecule has 1 aromatic rings. The molecule has 1 aliphatic heterocycles. The second kappa shape index (κ2) is 5.87. The first-order chi connectivity index (χ1) is 8.65. The molecule has 1 atom stereocenters. The number of amides is 2. The van der Waals surface area contributed by atoms with E-state index in [-0.39, 0.29) is 12.1 Å². The van der Waals surface area contributed by atoms with Crippen molar-refractivity contribution < 1.29 is 4.79 Å². The highest BCUT2D eigenvalue weighted by molar-refractivity contribution is 5.89. The summed E-state index contributed by atoms with van der Waals surface area (Å²) in [6.07, 6.45) is 1.000. The van der Waals surface area contributed by atoms with Crippen molar-refractivity contribution in [1.29, 1.82) is 0 Å². The Labute approximate surface area is 108 Å². The molecule has 3 N–H and O–H groups in total. The van der Waals surface area contributed by atoms with Gasteiger partial charge >= 0.3 is 6.03 Å². The molecule has 0 radical (unpaired) electrons. The van der Waals surface area contributed by atoms with E-state index in [1.165, 1.54) is 5.56 Å². The van der Waals surface area contributed by atoms with E-state index in [1.807, 2.05) is 12.1 Å². The van der Waals surface area contributed by atoms with Crippen molar-refractivity contribution in [2.45, 2.75) is 32.2 Å². The van der Waals surface area contributed by atoms with Crippen LogP contribution in [-0.2, 0) is 0 Å². The van der Waals surface area contributed by atoms with Crippen LogP contribution in [0.15, 0.2) is 24.3 Å². The lowest BCUT2D eigenvalue weighted by molar-refractivity contribution is 0.249. The van der Waals surface area contributed by atoms with Gasteiger partial charge in [0.05, 0.1) is 0 Å². The lowest BCUT2D eigenvalue weighted by atomic mass is 10.0. The largest absolute Gasteiger partial charge is 0.334 e. The van der Waals surface area contributed by atoms with Crippen LogP contribution >= 0.6 is 0 Å². The van der Waals surface area contributed by atoms with Crippen LogP contribution in [0.1, 0.15) is 31.7 Å². The molecule has 1 saturated heterocycles. The molecule has 1 aliphatic rings. The molecule has 4 nitrogen and oxygen atoms in total. The Morgan fingerprint density at radius 1 is 1.33 bits per heavy atom. The Kier molecular flexibility index (Phi) is 4.20. The molecule has 1 fully saturated rings. The minimum Gasteiger partial charge on any atom is -0.334 e. The maximum absolute atomic E-state index is 11.7. The summed E-state index contributed by atoms with van der Waals surface area (Å²) < 4.78 is 0. The minimum atomic E-state index is -0.124. The van der Waals surface area contributed by atoms with Crippen molar-refractivity contribution in [1.82, 2.24) is 10.6 Å². The molecule has 0 bridgehead atoms. The number of carbonyl (C=O) groups excluding carboxylic acids is 1. The summed E-state index contributed by atoms with van der Waals surface area (Å²) in [5.74, 6) is 0.512. The molecule has 0 saturated carbocycles. The fourth-order valence-corrected chi connectivity index (χ4v) is 2.08. The van der Waals surface area contributed by atoms with Crippen LogP contribution in [0.5, 0.6) is 0 Å². The topological polar surface area (TPSA) is 53.2 Å². The lowest BCUT2D eigenvalue weighted by Gasteiger charge is -2.13. The molecule has 0 aliphatic carbocycles. The van der Waals surface area contributed by atoms with E-state index in [9.17, 15) is 4.79 Å². The molecule has 18 heavy (non-hydrogen) atoms. The molecule has 0 aromatic heterocycles. The molecule has 4 heteroatoms. The van der Waals surface area contributed by atoms with E-state index in [2.05, 4.69) is 41.9 Å². The van der Waals surface area contributed by atoms with E-state index in [1.54, 1.807) is 0 Å². The second-order valence-electron chi connectivity index (χ2n) is 5.06. The summed E-state index contributed by atoms with van der Waals surface area (Å²) in [4.78, 5) is 11.7. The van der Waals surface area contributed by atoms with Gasteiger partial charge in [-0.05, 0) is 36.6 Å². The molecule has 98 valence electrons. The summed E-state index contributed by atoms with van der Waals surface area (Å²) in [6, 6.07) is 8.12. The summed E-state index contributed by atoms with van der Waals surface area (Å²) in [5, 5.41) is 9.03. The third-order valence-electron chi connectivity index (χ3n) is 3.23. The number of rotatable bonds is 3. The maximum atomic E-state index is 11.7. The average molecular weight is 247 g/mol. The van der Waals surface area contributed by atoms with Crippen molar-refractivity contribution in [3.8, 4) is 0 Å². The van der Waals surface area contributed by atoms with E-state index < -0.39 is 0 Å². The molecule has 0 spiro atoms. The quantitative estimate of drug-likeness (QED) is 0.767. The van der Waals surface area contributed by atoms with Crippen molar-refractivity contribution in [3.63, 3.8) is 0 Å². The van der Waals surface area contributed by atoms with Gasteiger partial charge in [0.1, 0.15) is 0 Å². The van der Waals surface area contributed by atoms with E-state index >= 15 is 0 Å². The number of nitrogens with one attached hydrogen (secondary N) is 3. The Balaban J connectivity index is 1.86. The first-order valence-electron chi connectivity index (χ1n) is 6.53. The van der Waals surface area contributed by atoms with Crippen LogP contribution in [-0.4, -0.2) is 25.2 Å². The fourth-order valence-electron chi connectivity index (χ4n) is 2.08. The van der Waals surface area contributed by atoms with Gasteiger partial charge in [-0.2, -0.15) is 0 Å². The monoisotopic (exact) mass is 247 g/mol. The predicted molar refractivity (Wildman–Crippen MR) is 74.0 cm³/mol. The predicted octanol–water partition coefficient (Wildman–Crippen LogP) is 2.29. The molecule has 2 rings (SSSR count). The second-order valence-corrected chi connectivity index (χ2v) is 5.06. The number of carbonyl (C=O) groups is 1. The summed E-state index contributed by atoms with van der Waals surface area (Å²) in [5.41, 5.74) is 2.11. The Morgan fingerprint density at radius 2 is 2.06 bits per heavy atom. The summed E-state index contributed by atoms with van der Waals surface area (Å²) >= 11 is 0. The zero-order valence-electron chi connectivity index (χ0n) is 11.0. The van der Waals surface area contributed by atoms with Crippen LogP contribution in [0, 0.1) is 0 Å². The highest BCUT2D eigenvalue weighted by atomic mass is 16.2. The Hall–Kier alpha value is -1.55. The van der Waals surface area contributed by atoms with Gasteiger partial charge in [0, 0.05) is 18.3 Å². The van der Waals surface area contributed by atoms with Crippen molar-refractivity contribution >= 4 is 11.7 Å². The van der Waals surface area contributed by atoms with Crippen molar-refractivity contribution in [2.75, 3.05) is 18.4 Å². The van der Waals surface area contributed by atoms with Gasteiger partial charge in [-0.1, -0.05) is 26.0 Å². The summed E-state index contributed by atoms with van der Waals surface area (Å²) in [6.45, 7) is 6.15. The Morgan fingerprint density at radius 3 is 2.61 bits per heavy atom. The average Bonchev–Trinajstić information content (AvgIpc) is 2.82. The van der Waals surface area contributed by atoms with Crippen LogP contribution in [0.2, 0.25) is 0 Å². The van der Waals surface area contributed by atoms with Gasteiger partial charge in [0.25, 0.3) is 0 Å². The van der Waals surface area contributed by atoms with E-state index in [0.29, 0.717) is 5.92 Å². The number of hydrogen-bond acceptors (Lipinski definition) is 2. The van der Waals surface area contributed by atoms with Crippen LogP contribution < -0.4 is 16.0 Å². The smallest absolute Gasteiger partial charge is 0.319 e. The molecule has 2 amide bonds. The zero-order valence-corrected chi connectivity index (χ0v) is 11.0. The summed E-state index contributed by atoms with van der Waals surface area (Å²) in [7, 11) is 0. The van der Waals surface area contributed by atoms with Crippen LogP contribution in [0.4, 0.5) is 10.5 Å². The maximum Gasteiger partial charge on any atom is 0.319 e. The van der Waals surface area contributed by atoms with Gasteiger partial charge < -0.3 is 16.0 Å². The number of urea groups is 1. The van der Waals surface area contributed by atoms with Gasteiger partial charge in [0.2, 0.25) is 0 Å². The van der Waals surface area contributed by atoms with E-state index in [0.717, 1.165) is 25.2 Å².